The van der Waals surface area contributed by atoms with Crippen molar-refractivity contribution in [3.8, 4) is 0 Å². The van der Waals surface area contributed by atoms with Crippen LogP contribution in [0.2, 0.25) is 0 Å². The SMILES string of the molecule is CCC(=O)N1CCc2cc(S(=O)(=O)NC(CC(C)C)C(=O)NCCN(CC)c3ccccc3)ccc21. The lowest BCUT2D eigenvalue weighted by molar-refractivity contribution is -0.123. The van der Waals surface area contributed by atoms with Crippen LogP contribution in [0.25, 0.3) is 0 Å². The van der Waals surface area contributed by atoms with Gasteiger partial charge in [-0.05, 0) is 61.6 Å². The van der Waals surface area contributed by atoms with Gasteiger partial charge >= 0.3 is 0 Å². The Balaban J connectivity index is 1.68. The van der Waals surface area contributed by atoms with Gasteiger partial charge in [-0.2, -0.15) is 4.72 Å². The molecular formula is C27H38N4O4S. The van der Waals surface area contributed by atoms with Gasteiger partial charge in [0.1, 0.15) is 6.04 Å². The van der Waals surface area contributed by atoms with Crippen molar-refractivity contribution in [1.29, 1.82) is 0 Å². The van der Waals surface area contributed by atoms with E-state index in [0.29, 0.717) is 38.9 Å². The first-order valence-electron chi connectivity index (χ1n) is 12.7. The Morgan fingerprint density at radius 1 is 1.08 bits per heavy atom. The predicted molar refractivity (Wildman–Crippen MR) is 144 cm³/mol. The van der Waals surface area contributed by atoms with Crippen molar-refractivity contribution in [2.45, 2.75) is 57.9 Å². The number of para-hydroxylation sites is 1. The van der Waals surface area contributed by atoms with Gasteiger partial charge in [0, 0.05) is 44.0 Å². The van der Waals surface area contributed by atoms with Crippen LogP contribution in [0.15, 0.2) is 53.4 Å². The molecule has 3 rings (SSSR count). The predicted octanol–water partition coefficient (Wildman–Crippen LogP) is 3.32. The van der Waals surface area contributed by atoms with Crippen molar-refractivity contribution >= 4 is 33.2 Å². The molecule has 1 aliphatic heterocycles. The fourth-order valence-electron chi connectivity index (χ4n) is 4.48. The van der Waals surface area contributed by atoms with E-state index in [-0.39, 0.29) is 22.6 Å². The first-order chi connectivity index (χ1) is 17.2. The zero-order valence-corrected chi connectivity index (χ0v) is 22.5. The first kappa shape index (κ1) is 27.7. The minimum Gasteiger partial charge on any atom is -0.370 e. The molecule has 0 radical (unpaired) electrons. The molecule has 2 N–H and O–H groups in total. The van der Waals surface area contributed by atoms with Crippen LogP contribution in [0.5, 0.6) is 0 Å². The quantitative estimate of drug-likeness (QED) is 0.453. The fourth-order valence-corrected chi connectivity index (χ4v) is 5.73. The third-order valence-electron chi connectivity index (χ3n) is 6.37. The second-order valence-electron chi connectivity index (χ2n) is 9.45. The Morgan fingerprint density at radius 3 is 2.44 bits per heavy atom. The molecule has 0 aliphatic carbocycles. The molecule has 0 saturated heterocycles. The number of sulfonamides is 1. The van der Waals surface area contributed by atoms with Gasteiger partial charge in [-0.3, -0.25) is 9.59 Å². The highest BCUT2D eigenvalue weighted by molar-refractivity contribution is 7.89. The normalized spacial score (nSPS) is 14.0. The summed E-state index contributed by atoms with van der Waals surface area (Å²) in [5.74, 6) is -0.198. The molecule has 1 atom stereocenters. The number of nitrogens with zero attached hydrogens (tertiary/aromatic N) is 2. The van der Waals surface area contributed by atoms with Crippen LogP contribution < -0.4 is 19.8 Å². The molecule has 1 heterocycles. The van der Waals surface area contributed by atoms with Crippen LogP contribution in [-0.4, -0.2) is 52.5 Å². The molecule has 2 aromatic rings. The lowest BCUT2D eigenvalue weighted by atomic mass is 10.0. The Kier molecular flexibility index (Phi) is 9.50. The smallest absolute Gasteiger partial charge is 0.241 e. The minimum absolute atomic E-state index is 0.0186. The van der Waals surface area contributed by atoms with Crippen molar-refractivity contribution in [1.82, 2.24) is 10.0 Å². The maximum absolute atomic E-state index is 13.2. The monoisotopic (exact) mass is 514 g/mol. The highest BCUT2D eigenvalue weighted by Crippen LogP contribution is 2.30. The third-order valence-corrected chi connectivity index (χ3v) is 7.83. The highest BCUT2D eigenvalue weighted by atomic mass is 32.2. The number of carbonyl (C=O) groups is 2. The van der Waals surface area contributed by atoms with Crippen molar-refractivity contribution in [3.05, 3.63) is 54.1 Å². The molecule has 1 aliphatic rings. The van der Waals surface area contributed by atoms with Crippen molar-refractivity contribution in [2.24, 2.45) is 5.92 Å². The van der Waals surface area contributed by atoms with Crippen LogP contribution in [0.3, 0.4) is 0 Å². The van der Waals surface area contributed by atoms with Crippen LogP contribution >= 0.6 is 0 Å². The summed E-state index contributed by atoms with van der Waals surface area (Å²) in [7, 11) is -3.93. The van der Waals surface area contributed by atoms with E-state index >= 15 is 0 Å². The van der Waals surface area contributed by atoms with E-state index < -0.39 is 16.1 Å². The summed E-state index contributed by atoms with van der Waals surface area (Å²) >= 11 is 0. The maximum Gasteiger partial charge on any atom is 0.241 e. The molecule has 8 nitrogen and oxygen atoms in total. The molecular weight excluding hydrogens is 476 g/mol. The number of likely N-dealkylation sites (N-methyl/N-ethyl adjacent to an activating group) is 1. The number of amides is 2. The summed E-state index contributed by atoms with van der Waals surface area (Å²) in [4.78, 5) is 29.1. The standard InChI is InChI=1S/C27H38N4O4S/c1-5-26(32)31-16-14-21-19-23(12-13-25(21)31)36(34,35)29-24(18-20(3)4)27(33)28-15-17-30(6-2)22-10-8-7-9-11-22/h7-13,19-20,24,29H,5-6,14-18H2,1-4H3,(H,28,33). The summed E-state index contributed by atoms with van der Waals surface area (Å²) < 4.78 is 29.1. The fraction of sp³-hybridized carbons (Fsp3) is 0.481. The van der Waals surface area contributed by atoms with Crippen LogP contribution in [0, 0.1) is 5.92 Å². The van der Waals surface area contributed by atoms with Crippen LogP contribution in [0.4, 0.5) is 11.4 Å². The average Bonchev–Trinajstić information content (AvgIpc) is 3.29. The molecule has 36 heavy (non-hydrogen) atoms. The number of hydrogen-bond acceptors (Lipinski definition) is 5. The third kappa shape index (κ3) is 6.85. The summed E-state index contributed by atoms with van der Waals surface area (Å²) in [5, 5.41) is 2.91. The summed E-state index contributed by atoms with van der Waals surface area (Å²) in [5.41, 5.74) is 2.66. The van der Waals surface area contributed by atoms with E-state index in [1.54, 1.807) is 17.0 Å². The molecule has 1 unspecified atom stereocenters. The molecule has 0 saturated carbocycles. The molecule has 0 bridgehead atoms. The highest BCUT2D eigenvalue weighted by Gasteiger charge is 2.29. The van der Waals surface area contributed by atoms with E-state index in [0.717, 1.165) is 23.5 Å². The van der Waals surface area contributed by atoms with Crippen molar-refractivity contribution in [2.75, 3.05) is 36.0 Å². The lowest BCUT2D eigenvalue weighted by Gasteiger charge is -2.25. The minimum atomic E-state index is -3.93. The zero-order chi connectivity index (χ0) is 26.3. The van der Waals surface area contributed by atoms with E-state index in [2.05, 4.69) is 21.9 Å². The van der Waals surface area contributed by atoms with Gasteiger partial charge in [0.05, 0.1) is 4.90 Å². The Morgan fingerprint density at radius 2 is 1.81 bits per heavy atom. The number of rotatable bonds is 12. The Labute approximate surface area is 215 Å². The zero-order valence-electron chi connectivity index (χ0n) is 21.7. The van der Waals surface area contributed by atoms with Gasteiger partial charge in [-0.25, -0.2) is 8.42 Å². The van der Waals surface area contributed by atoms with Gasteiger partial charge in [-0.1, -0.05) is 39.0 Å². The van der Waals surface area contributed by atoms with E-state index in [4.69, 9.17) is 0 Å². The van der Waals surface area contributed by atoms with Crippen molar-refractivity contribution < 1.29 is 18.0 Å². The second kappa shape index (κ2) is 12.4. The number of anilines is 2. The van der Waals surface area contributed by atoms with Gasteiger partial charge in [0.15, 0.2) is 0 Å². The topological polar surface area (TPSA) is 98.8 Å². The lowest BCUT2D eigenvalue weighted by Crippen LogP contribution is -2.48. The summed E-state index contributed by atoms with van der Waals surface area (Å²) in [6.07, 6.45) is 1.38. The molecule has 0 aromatic heterocycles. The van der Waals surface area contributed by atoms with Gasteiger partial charge in [-0.15, -0.1) is 0 Å². The number of benzene rings is 2. The average molecular weight is 515 g/mol. The number of hydrogen-bond donors (Lipinski definition) is 2. The Bertz CT molecular complexity index is 1150. The largest absolute Gasteiger partial charge is 0.370 e. The van der Waals surface area contributed by atoms with E-state index in [1.165, 1.54) is 6.07 Å². The molecule has 196 valence electrons. The summed E-state index contributed by atoms with van der Waals surface area (Å²) in [6.45, 7) is 10.1. The van der Waals surface area contributed by atoms with E-state index in [1.807, 2.05) is 51.1 Å². The first-order valence-corrected chi connectivity index (χ1v) is 14.2. The number of nitrogens with one attached hydrogen (secondary N) is 2. The molecule has 2 aromatic carbocycles. The molecule has 0 spiro atoms. The summed E-state index contributed by atoms with van der Waals surface area (Å²) in [6, 6.07) is 13.9. The number of carbonyl (C=O) groups excluding carboxylic acids is 2. The molecule has 9 heteroatoms. The van der Waals surface area contributed by atoms with Gasteiger partial charge in [0.25, 0.3) is 0 Å². The molecule has 0 fully saturated rings. The molecule has 2 amide bonds. The van der Waals surface area contributed by atoms with Crippen LogP contribution in [0.1, 0.15) is 46.1 Å². The Hall–Kier alpha value is -2.91. The van der Waals surface area contributed by atoms with Crippen molar-refractivity contribution in [3.63, 3.8) is 0 Å². The second-order valence-corrected chi connectivity index (χ2v) is 11.2. The van der Waals surface area contributed by atoms with E-state index in [9.17, 15) is 18.0 Å². The van der Waals surface area contributed by atoms with Gasteiger partial charge in [0.2, 0.25) is 21.8 Å². The maximum atomic E-state index is 13.2. The van der Waals surface area contributed by atoms with Gasteiger partial charge < -0.3 is 15.1 Å². The number of fused-ring (bicyclic) bond motifs is 1. The van der Waals surface area contributed by atoms with Crippen LogP contribution in [-0.2, 0) is 26.0 Å².